The molecule has 0 unspecified atom stereocenters. The van der Waals surface area contributed by atoms with Gasteiger partial charge in [-0.25, -0.2) is 13.2 Å². The summed E-state index contributed by atoms with van der Waals surface area (Å²) in [6, 6.07) is -0.197. The number of rotatable bonds is 4. The summed E-state index contributed by atoms with van der Waals surface area (Å²) in [7, 11) is 0. The first-order valence-corrected chi connectivity index (χ1v) is 10.9. The molecule has 2 amide bonds. The van der Waals surface area contributed by atoms with Crippen molar-refractivity contribution in [2.24, 2.45) is 0 Å². The average Bonchev–Trinajstić information content (AvgIpc) is 2.76. The number of benzene rings is 1. The molecule has 1 atom stereocenters. The van der Waals surface area contributed by atoms with Crippen molar-refractivity contribution in [1.29, 1.82) is 0 Å². The fraction of sp³-hybridized carbons (Fsp3) is 0.435. The fourth-order valence-corrected chi connectivity index (χ4v) is 4.72. The van der Waals surface area contributed by atoms with Crippen molar-refractivity contribution >= 4 is 11.8 Å². The number of halogens is 3. The minimum atomic E-state index is -1.23. The van der Waals surface area contributed by atoms with Crippen LogP contribution in [0.3, 0.4) is 0 Å². The summed E-state index contributed by atoms with van der Waals surface area (Å²) in [5.41, 5.74) is -2.25. The molecule has 0 saturated heterocycles. The van der Waals surface area contributed by atoms with Crippen LogP contribution in [0.25, 0.3) is 0 Å². The zero-order valence-electron chi connectivity index (χ0n) is 18.0. The normalized spacial score (nSPS) is 17.6. The number of carbonyl (C=O) groups excluding carboxylic acids is 2. The van der Waals surface area contributed by atoms with Crippen LogP contribution >= 0.6 is 0 Å². The molecule has 1 saturated carbocycles. The largest absolute Gasteiger partial charge is 0.503 e. The van der Waals surface area contributed by atoms with Crippen molar-refractivity contribution < 1.29 is 27.9 Å². The predicted octanol–water partition coefficient (Wildman–Crippen LogP) is 3.25. The monoisotopic (exact) mass is 463 g/mol. The number of pyridine rings is 1. The number of fused-ring (bicyclic) bond motifs is 1. The van der Waals surface area contributed by atoms with E-state index >= 15 is 0 Å². The zero-order valence-corrected chi connectivity index (χ0v) is 18.0. The van der Waals surface area contributed by atoms with Crippen molar-refractivity contribution in [3.05, 3.63) is 62.8 Å². The van der Waals surface area contributed by atoms with E-state index in [1.54, 1.807) is 4.90 Å². The van der Waals surface area contributed by atoms with Crippen LogP contribution in [-0.2, 0) is 6.54 Å². The number of amides is 2. The Balaban J connectivity index is 1.60. The molecule has 2 aromatic rings. The molecular formula is C23H24F3N3O4. The van der Waals surface area contributed by atoms with Crippen LogP contribution in [-0.4, -0.2) is 39.0 Å². The molecular weight excluding hydrogens is 439 g/mol. The van der Waals surface area contributed by atoms with Crippen molar-refractivity contribution in [3.63, 3.8) is 0 Å². The van der Waals surface area contributed by atoms with Crippen LogP contribution in [0.2, 0.25) is 0 Å². The van der Waals surface area contributed by atoms with Gasteiger partial charge in [-0.05, 0) is 19.8 Å². The highest BCUT2D eigenvalue weighted by atomic mass is 19.1. The lowest BCUT2D eigenvalue weighted by atomic mass is 9.93. The number of aromatic nitrogens is 1. The van der Waals surface area contributed by atoms with E-state index in [1.165, 1.54) is 17.7 Å². The average molecular weight is 463 g/mol. The lowest BCUT2D eigenvalue weighted by molar-refractivity contribution is 0.0562. The van der Waals surface area contributed by atoms with E-state index in [0.717, 1.165) is 32.1 Å². The van der Waals surface area contributed by atoms with Gasteiger partial charge in [0.2, 0.25) is 5.43 Å². The van der Waals surface area contributed by atoms with E-state index in [4.69, 9.17) is 0 Å². The standard InChI is InChI=1S/C23H24F3N3O4/c1-12(18-16(25)9-13(24)10-17(18)26)27-22(32)15-11-28-7-8-29(14-5-3-2-4-6-14)23(33)19(28)21(31)20(15)30/h9-12,14,31H,2-8H2,1H3,(H,27,32)/t12-/m1/s1. The zero-order chi connectivity index (χ0) is 23.9. The van der Waals surface area contributed by atoms with Crippen LogP contribution in [0.1, 0.15) is 71.5 Å². The SMILES string of the molecule is C[C@@H](NC(=O)c1cn2c(c(O)c1=O)C(=O)N(C1CCCCC1)CC2)c1c(F)cc(F)cc1F. The van der Waals surface area contributed by atoms with E-state index in [1.807, 2.05) is 0 Å². The maximum atomic E-state index is 14.0. The van der Waals surface area contributed by atoms with Crippen LogP contribution in [0.5, 0.6) is 5.75 Å². The summed E-state index contributed by atoms with van der Waals surface area (Å²) in [6.45, 7) is 1.93. The lowest BCUT2D eigenvalue weighted by Crippen LogP contribution is -2.48. The Labute approximate surface area is 187 Å². The molecule has 1 aliphatic heterocycles. The number of hydrogen-bond donors (Lipinski definition) is 2. The predicted molar refractivity (Wildman–Crippen MR) is 112 cm³/mol. The molecule has 0 bridgehead atoms. The van der Waals surface area contributed by atoms with Gasteiger partial charge in [0.05, 0.1) is 6.04 Å². The molecule has 4 rings (SSSR count). The smallest absolute Gasteiger partial charge is 0.274 e. The maximum Gasteiger partial charge on any atom is 0.274 e. The Morgan fingerprint density at radius 3 is 2.36 bits per heavy atom. The second kappa shape index (κ2) is 8.92. The Morgan fingerprint density at radius 1 is 1.09 bits per heavy atom. The van der Waals surface area contributed by atoms with Crippen LogP contribution in [0.15, 0.2) is 23.1 Å². The molecule has 1 aliphatic carbocycles. The fourth-order valence-electron chi connectivity index (χ4n) is 4.72. The third kappa shape index (κ3) is 4.21. The third-order valence-corrected chi connectivity index (χ3v) is 6.39. The molecule has 176 valence electrons. The number of nitrogens with one attached hydrogen (secondary N) is 1. The van der Waals surface area contributed by atoms with Crippen LogP contribution in [0.4, 0.5) is 13.2 Å². The van der Waals surface area contributed by atoms with Gasteiger partial charge in [-0.2, -0.15) is 0 Å². The number of hydrogen-bond acceptors (Lipinski definition) is 4. The molecule has 1 fully saturated rings. The molecule has 1 aromatic heterocycles. The van der Waals surface area contributed by atoms with E-state index in [0.29, 0.717) is 18.7 Å². The van der Waals surface area contributed by atoms with Gasteiger partial charge in [-0.3, -0.25) is 14.4 Å². The summed E-state index contributed by atoms with van der Waals surface area (Å²) in [6.07, 6.45) is 6.05. The van der Waals surface area contributed by atoms with Gasteiger partial charge in [0.25, 0.3) is 11.8 Å². The van der Waals surface area contributed by atoms with Crippen molar-refractivity contribution in [2.45, 2.75) is 57.7 Å². The quantitative estimate of drug-likeness (QED) is 0.728. The van der Waals surface area contributed by atoms with E-state index in [-0.39, 0.29) is 18.3 Å². The van der Waals surface area contributed by atoms with E-state index < -0.39 is 57.6 Å². The Hall–Kier alpha value is -3.30. The highest BCUT2D eigenvalue weighted by Gasteiger charge is 2.35. The second-order valence-electron chi connectivity index (χ2n) is 8.53. The molecule has 0 spiro atoms. The minimum absolute atomic E-state index is 0.0545. The van der Waals surface area contributed by atoms with Gasteiger partial charge in [0, 0.05) is 43.0 Å². The topological polar surface area (TPSA) is 91.6 Å². The van der Waals surface area contributed by atoms with Gasteiger partial charge in [-0.15, -0.1) is 0 Å². The van der Waals surface area contributed by atoms with Gasteiger partial charge in [-0.1, -0.05) is 19.3 Å². The van der Waals surface area contributed by atoms with E-state index in [9.17, 15) is 32.7 Å². The van der Waals surface area contributed by atoms with Crippen LogP contribution < -0.4 is 10.7 Å². The van der Waals surface area contributed by atoms with Gasteiger partial charge < -0.3 is 19.9 Å². The van der Waals surface area contributed by atoms with Gasteiger partial charge in [0.1, 0.15) is 23.0 Å². The van der Waals surface area contributed by atoms with Crippen LogP contribution in [0, 0.1) is 17.5 Å². The van der Waals surface area contributed by atoms with E-state index in [2.05, 4.69) is 5.32 Å². The highest BCUT2D eigenvalue weighted by molar-refractivity contribution is 5.99. The first-order chi connectivity index (χ1) is 15.7. The first kappa shape index (κ1) is 22.9. The molecule has 33 heavy (non-hydrogen) atoms. The van der Waals surface area contributed by atoms with Crippen molar-refractivity contribution in [3.8, 4) is 5.75 Å². The Kier molecular flexibility index (Phi) is 6.18. The molecule has 2 N–H and O–H groups in total. The van der Waals surface area contributed by atoms with Crippen molar-refractivity contribution in [1.82, 2.24) is 14.8 Å². The lowest BCUT2D eigenvalue weighted by Gasteiger charge is -2.38. The molecule has 2 heterocycles. The number of aromatic hydroxyl groups is 1. The summed E-state index contributed by atoms with van der Waals surface area (Å²) >= 11 is 0. The molecule has 0 radical (unpaired) electrons. The molecule has 2 aliphatic rings. The third-order valence-electron chi connectivity index (χ3n) is 6.39. The maximum absolute atomic E-state index is 14.0. The molecule has 7 nitrogen and oxygen atoms in total. The summed E-state index contributed by atoms with van der Waals surface area (Å²) < 4.78 is 42.6. The summed E-state index contributed by atoms with van der Waals surface area (Å²) in [4.78, 5) is 40.1. The summed E-state index contributed by atoms with van der Waals surface area (Å²) in [5.74, 6) is -5.74. The van der Waals surface area contributed by atoms with Crippen molar-refractivity contribution in [2.75, 3.05) is 6.54 Å². The Morgan fingerprint density at radius 2 is 1.73 bits per heavy atom. The number of nitrogens with zero attached hydrogens (tertiary/aromatic N) is 2. The Bertz CT molecular complexity index is 1150. The molecule has 10 heteroatoms. The molecule has 1 aromatic carbocycles. The second-order valence-corrected chi connectivity index (χ2v) is 8.53. The number of carbonyl (C=O) groups is 2. The summed E-state index contributed by atoms with van der Waals surface area (Å²) in [5, 5.41) is 12.8. The highest BCUT2D eigenvalue weighted by Crippen LogP contribution is 2.28. The van der Waals surface area contributed by atoms with Gasteiger partial charge >= 0.3 is 0 Å². The minimum Gasteiger partial charge on any atom is -0.503 e. The first-order valence-electron chi connectivity index (χ1n) is 10.9. The van der Waals surface area contributed by atoms with Gasteiger partial charge in [0.15, 0.2) is 11.4 Å².